The SMILES string of the molecule is CCC(Br)CNC(=O)c1ccc(Cl)cc1O. The maximum Gasteiger partial charge on any atom is 0.255 e. The molecule has 1 atom stereocenters. The number of alkyl halides is 1. The van der Waals surface area contributed by atoms with Gasteiger partial charge in [0, 0.05) is 16.4 Å². The molecule has 16 heavy (non-hydrogen) atoms. The number of aromatic hydroxyl groups is 1. The Labute approximate surface area is 108 Å². The fourth-order valence-electron chi connectivity index (χ4n) is 1.14. The molecule has 0 aliphatic heterocycles. The van der Waals surface area contributed by atoms with Crippen LogP contribution in [0.1, 0.15) is 23.7 Å². The zero-order chi connectivity index (χ0) is 12.1. The summed E-state index contributed by atoms with van der Waals surface area (Å²) in [5.41, 5.74) is 0.236. The minimum absolute atomic E-state index is 0.104. The van der Waals surface area contributed by atoms with Crippen molar-refractivity contribution in [1.29, 1.82) is 0 Å². The molecule has 0 aliphatic rings. The van der Waals surface area contributed by atoms with E-state index >= 15 is 0 Å². The van der Waals surface area contributed by atoms with Crippen molar-refractivity contribution in [1.82, 2.24) is 5.32 Å². The molecule has 1 aromatic carbocycles. The summed E-state index contributed by atoms with van der Waals surface area (Å²) in [6, 6.07) is 4.42. The van der Waals surface area contributed by atoms with Gasteiger partial charge < -0.3 is 10.4 Å². The molecule has 5 heteroatoms. The molecule has 1 amide bonds. The summed E-state index contributed by atoms with van der Waals surface area (Å²) >= 11 is 9.08. The molecule has 0 aromatic heterocycles. The van der Waals surface area contributed by atoms with Crippen LogP contribution in [0, 0.1) is 0 Å². The smallest absolute Gasteiger partial charge is 0.255 e. The maximum absolute atomic E-state index is 11.7. The predicted molar refractivity (Wildman–Crippen MR) is 68.5 cm³/mol. The normalized spacial score (nSPS) is 12.2. The van der Waals surface area contributed by atoms with E-state index in [9.17, 15) is 9.90 Å². The first-order valence-electron chi connectivity index (χ1n) is 4.95. The van der Waals surface area contributed by atoms with E-state index < -0.39 is 0 Å². The molecule has 0 bridgehead atoms. The number of hydrogen-bond acceptors (Lipinski definition) is 2. The minimum atomic E-state index is -0.299. The lowest BCUT2D eigenvalue weighted by Crippen LogP contribution is -2.29. The molecule has 0 fully saturated rings. The van der Waals surface area contributed by atoms with Crippen molar-refractivity contribution >= 4 is 33.4 Å². The van der Waals surface area contributed by atoms with Gasteiger partial charge in [0.05, 0.1) is 5.56 Å². The highest BCUT2D eigenvalue weighted by Crippen LogP contribution is 2.21. The first kappa shape index (κ1) is 13.3. The first-order chi connectivity index (χ1) is 7.54. The van der Waals surface area contributed by atoms with Crippen molar-refractivity contribution < 1.29 is 9.90 Å². The highest BCUT2D eigenvalue weighted by molar-refractivity contribution is 9.09. The number of halogens is 2. The van der Waals surface area contributed by atoms with Crippen LogP contribution in [0.25, 0.3) is 0 Å². The van der Waals surface area contributed by atoms with Crippen molar-refractivity contribution in [3.05, 3.63) is 28.8 Å². The van der Waals surface area contributed by atoms with Gasteiger partial charge in [-0.05, 0) is 24.6 Å². The molecule has 0 saturated carbocycles. The monoisotopic (exact) mass is 305 g/mol. The zero-order valence-electron chi connectivity index (χ0n) is 8.84. The van der Waals surface area contributed by atoms with Gasteiger partial charge in [0.25, 0.3) is 5.91 Å². The van der Waals surface area contributed by atoms with Gasteiger partial charge in [0.2, 0.25) is 0 Å². The van der Waals surface area contributed by atoms with Crippen molar-refractivity contribution in [2.24, 2.45) is 0 Å². The van der Waals surface area contributed by atoms with Crippen LogP contribution in [0.5, 0.6) is 5.75 Å². The highest BCUT2D eigenvalue weighted by Gasteiger charge is 2.12. The Morgan fingerprint density at radius 2 is 2.31 bits per heavy atom. The van der Waals surface area contributed by atoms with Gasteiger partial charge >= 0.3 is 0 Å². The van der Waals surface area contributed by atoms with E-state index in [1.807, 2.05) is 6.92 Å². The fourth-order valence-corrected chi connectivity index (χ4v) is 1.47. The summed E-state index contributed by atoms with van der Waals surface area (Å²) in [5, 5.41) is 12.7. The van der Waals surface area contributed by atoms with Crippen molar-refractivity contribution in [2.45, 2.75) is 18.2 Å². The Hall–Kier alpha value is -0.740. The van der Waals surface area contributed by atoms with Crippen molar-refractivity contribution in [3.63, 3.8) is 0 Å². The van der Waals surface area contributed by atoms with E-state index in [1.165, 1.54) is 12.1 Å². The van der Waals surface area contributed by atoms with Crippen LogP contribution in [-0.4, -0.2) is 22.4 Å². The summed E-state index contributed by atoms with van der Waals surface area (Å²) in [5.74, 6) is -0.403. The number of phenolic OH excluding ortho intramolecular Hbond substituents is 1. The standard InChI is InChI=1S/C11H13BrClNO2/c1-2-7(12)6-14-11(16)9-4-3-8(13)5-10(9)15/h3-5,7,15H,2,6H2,1H3,(H,14,16). The first-order valence-corrected chi connectivity index (χ1v) is 6.24. The van der Waals surface area contributed by atoms with E-state index in [0.717, 1.165) is 6.42 Å². The average molecular weight is 307 g/mol. The molecule has 0 aliphatic carbocycles. The lowest BCUT2D eigenvalue weighted by molar-refractivity contribution is 0.0951. The third-order valence-electron chi connectivity index (χ3n) is 2.13. The molecule has 0 heterocycles. The van der Waals surface area contributed by atoms with Crippen LogP contribution < -0.4 is 5.32 Å². The molecular formula is C11H13BrClNO2. The van der Waals surface area contributed by atoms with Crippen LogP contribution in [0.4, 0.5) is 0 Å². The number of phenols is 1. The Kier molecular flexibility index (Phi) is 5.09. The van der Waals surface area contributed by atoms with Gasteiger partial charge in [-0.15, -0.1) is 0 Å². The van der Waals surface area contributed by atoms with E-state index in [4.69, 9.17) is 11.6 Å². The third kappa shape index (κ3) is 3.68. The molecule has 0 spiro atoms. The Bertz CT molecular complexity index is 384. The molecule has 2 N–H and O–H groups in total. The number of nitrogens with one attached hydrogen (secondary N) is 1. The van der Waals surface area contributed by atoms with Crippen LogP contribution in [0.2, 0.25) is 5.02 Å². The number of rotatable bonds is 4. The summed E-state index contributed by atoms with van der Waals surface area (Å²) < 4.78 is 0. The molecule has 88 valence electrons. The van der Waals surface area contributed by atoms with E-state index in [1.54, 1.807) is 6.07 Å². The highest BCUT2D eigenvalue weighted by atomic mass is 79.9. The summed E-state index contributed by atoms with van der Waals surface area (Å²) in [4.78, 5) is 11.9. The fraction of sp³-hybridized carbons (Fsp3) is 0.364. The average Bonchev–Trinajstić information content (AvgIpc) is 2.25. The Balaban J connectivity index is 2.66. The molecule has 3 nitrogen and oxygen atoms in total. The molecule has 1 rings (SSSR count). The third-order valence-corrected chi connectivity index (χ3v) is 3.34. The van der Waals surface area contributed by atoms with Gasteiger partial charge in [-0.3, -0.25) is 4.79 Å². The lowest BCUT2D eigenvalue weighted by atomic mass is 10.2. The molecule has 1 aromatic rings. The summed E-state index contributed by atoms with van der Waals surface area (Å²) in [6.07, 6.45) is 0.923. The second-order valence-electron chi connectivity index (χ2n) is 3.38. The van der Waals surface area contributed by atoms with Crippen LogP contribution in [-0.2, 0) is 0 Å². The van der Waals surface area contributed by atoms with Crippen LogP contribution in [0.3, 0.4) is 0 Å². The van der Waals surface area contributed by atoms with E-state index in [0.29, 0.717) is 11.6 Å². The van der Waals surface area contributed by atoms with Gasteiger partial charge in [0.15, 0.2) is 0 Å². The van der Waals surface area contributed by atoms with Gasteiger partial charge in [0.1, 0.15) is 5.75 Å². The maximum atomic E-state index is 11.7. The molecular weight excluding hydrogens is 293 g/mol. The molecule has 0 saturated heterocycles. The second kappa shape index (κ2) is 6.11. The van der Waals surface area contributed by atoms with Crippen LogP contribution >= 0.6 is 27.5 Å². The molecule has 0 radical (unpaired) electrons. The lowest BCUT2D eigenvalue weighted by Gasteiger charge is -2.09. The van der Waals surface area contributed by atoms with Gasteiger partial charge in [-0.1, -0.05) is 34.5 Å². The van der Waals surface area contributed by atoms with Gasteiger partial charge in [-0.25, -0.2) is 0 Å². The minimum Gasteiger partial charge on any atom is -0.507 e. The number of carbonyl (C=O) groups excluding carboxylic acids is 1. The van der Waals surface area contributed by atoms with E-state index in [-0.39, 0.29) is 22.0 Å². The largest absolute Gasteiger partial charge is 0.507 e. The summed E-state index contributed by atoms with van der Waals surface area (Å²) in [6.45, 7) is 2.54. The van der Waals surface area contributed by atoms with Crippen LogP contribution in [0.15, 0.2) is 18.2 Å². The quantitative estimate of drug-likeness (QED) is 0.840. The Morgan fingerprint density at radius 3 is 2.88 bits per heavy atom. The zero-order valence-corrected chi connectivity index (χ0v) is 11.2. The number of hydrogen-bond donors (Lipinski definition) is 2. The topological polar surface area (TPSA) is 49.3 Å². The van der Waals surface area contributed by atoms with Crippen molar-refractivity contribution in [2.75, 3.05) is 6.54 Å². The number of carbonyl (C=O) groups is 1. The molecule has 1 unspecified atom stereocenters. The van der Waals surface area contributed by atoms with E-state index in [2.05, 4.69) is 21.2 Å². The predicted octanol–water partition coefficient (Wildman–Crippen LogP) is 2.95. The van der Waals surface area contributed by atoms with Gasteiger partial charge in [-0.2, -0.15) is 0 Å². The Morgan fingerprint density at radius 1 is 1.62 bits per heavy atom. The number of amides is 1. The summed E-state index contributed by atoms with van der Waals surface area (Å²) in [7, 11) is 0. The number of benzene rings is 1. The van der Waals surface area contributed by atoms with Crippen molar-refractivity contribution in [3.8, 4) is 5.75 Å². The second-order valence-corrected chi connectivity index (χ2v) is 5.11.